The molecule has 1 aromatic carbocycles. The fourth-order valence-corrected chi connectivity index (χ4v) is 3.12. The number of rotatable bonds is 7. The number of carbonyl (C=O) groups excluding carboxylic acids is 2. The average Bonchev–Trinajstić information content (AvgIpc) is 2.88. The van der Waals surface area contributed by atoms with Gasteiger partial charge < -0.3 is 15.0 Å². The summed E-state index contributed by atoms with van der Waals surface area (Å²) in [5, 5.41) is 3.02. The minimum Gasteiger partial charge on any atom is -0.462 e. The zero-order valence-corrected chi connectivity index (χ0v) is 16.1. The lowest BCUT2D eigenvalue weighted by Crippen LogP contribution is -2.36. The molecular formula is C20H24F2N2O3. The second kappa shape index (κ2) is 8.43. The maximum absolute atomic E-state index is 13.9. The molecule has 2 N–H and O–H groups in total. The van der Waals surface area contributed by atoms with Gasteiger partial charge in [-0.3, -0.25) is 4.79 Å². The average molecular weight is 378 g/mol. The van der Waals surface area contributed by atoms with Crippen LogP contribution in [0.4, 0.5) is 8.78 Å². The SMILES string of the molecule is CCOC(=O)c1c(C)[nH]c(C(=O)[C@H](C)N[C@@H](C)c2ccc(F)cc2F)c1C. The number of ketones is 1. The lowest BCUT2D eigenvalue weighted by atomic mass is 10.0. The van der Waals surface area contributed by atoms with E-state index in [9.17, 15) is 18.4 Å². The maximum atomic E-state index is 13.9. The lowest BCUT2D eigenvalue weighted by Gasteiger charge is -2.20. The Morgan fingerprint density at radius 2 is 1.89 bits per heavy atom. The monoisotopic (exact) mass is 378 g/mol. The first-order chi connectivity index (χ1) is 12.7. The molecule has 2 atom stereocenters. The van der Waals surface area contributed by atoms with E-state index in [1.54, 1.807) is 34.6 Å². The number of halogens is 2. The van der Waals surface area contributed by atoms with E-state index >= 15 is 0 Å². The van der Waals surface area contributed by atoms with Crippen molar-refractivity contribution >= 4 is 11.8 Å². The van der Waals surface area contributed by atoms with Gasteiger partial charge in [0.05, 0.1) is 23.9 Å². The molecule has 0 bridgehead atoms. The van der Waals surface area contributed by atoms with Gasteiger partial charge in [0.15, 0.2) is 5.78 Å². The van der Waals surface area contributed by atoms with Crippen LogP contribution in [0.25, 0.3) is 0 Å². The molecule has 0 aliphatic rings. The molecule has 2 rings (SSSR count). The number of carbonyl (C=O) groups is 2. The maximum Gasteiger partial charge on any atom is 0.340 e. The van der Waals surface area contributed by atoms with E-state index in [-0.39, 0.29) is 18.0 Å². The van der Waals surface area contributed by atoms with E-state index < -0.39 is 29.7 Å². The summed E-state index contributed by atoms with van der Waals surface area (Å²) in [7, 11) is 0. The van der Waals surface area contributed by atoms with Crippen LogP contribution in [0, 0.1) is 25.5 Å². The number of esters is 1. The molecule has 146 valence electrons. The van der Waals surface area contributed by atoms with Gasteiger partial charge in [0, 0.05) is 23.4 Å². The minimum atomic E-state index is -0.675. The number of benzene rings is 1. The van der Waals surface area contributed by atoms with Gasteiger partial charge in [0.25, 0.3) is 0 Å². The van der Waals surface area contributed by atoms with Crippen molar-refractivity contribution in [3.05, 3.63) is 57.9 Å². The number of hydrogen-bond acceptors (Lipinski definition) is 4. The molecule has 0 aliphatic heterocycles. The first-order valence-electron chi connectivity index (χ1n) is 8.78. The largest absolute Gasteiger partial charge is 0.462 e. The molecule has 1 aromatic heterocycles. The van der Waals surface area contributed by atoms with Crippen molar-refractivity contribution in [1.29, 1.82) is 0 Å². The third-order valence-electron chi connectivity index (χ3n) is 4.49. The van der Waals surface area contributed by atoms with E-state index in [4.69, 9.17) is 4.74 Å². The number of ether oxygens (including phenoxy) is 1. The fraction of sp³-hybridized carbons (Fsp3) is 0.400. The van der Waals surface area contributed by atoms with Gasteiger partial charge in [-0.15, -0.1) is 0 Å². The van der Waals surface area contributed by atoms with Crippen LogP contribution in [0.1, 0.15) is 64.5 Å². The van der Waals surface area contributed by atoms with E-state index in [1.165, 1.54) is 12.1 Å². The van der Waals surface area contributed by atoms with Gasteiger partial charge in [-0.1, -0.05) is 6.07 Å². The molecule has 0 saturated carbocycles. The van der Waals surface area contributed by atoms with E-state index in [2.05, 4.69) is 10.3 Å². The van der Waals surface area contributed by atoms with Gasteiger partial charge in [0.1, 0.15) is 11.6 Å². The van der Waals surface area contributed by atoms with Crippen LogP contribution in [-0.4, -0.2) is 29.4 Å². The molecule has 7 heteroatoms. The summed E-state index contributed by atoms with van der Waals surface area (Å²) < 4.78 is 32.0. The molecule has 0 radical (unpaired) electrons. The van der Waals surface area contributed by atoms with Crippen molar-refractivity contribution in [2.75, 3.05) is 6.61 Å². The first-order valence-corrected chi connectivity index (χ1v) is 8.78. The summed E-state index contributed by atoms with van der Waals surface area (Å²) in [4.78, 5) is 27.8. The van der Waals surface area contributed by atoms with Gasteiger partial charge in [0.2, 0.25) is 0 Å². The van der Waals surface area contributed by atoms with E-state index in [1.807, 2.05) is 0 Å². The van der Waals surface area contributed by atoms with Crippen LogP contribution in [0.5, 0.6) is 0 Å². The van der Waals surface area contributed by atoms with Crippen LogP contribution < -0.4 is 5.32 Å². The quantitative estimate of drug-likeness (QED) is 0.564. The standard InChI is InChI=1S/C20H24F2N2O3/c1-6-27-20(26)17-10(2)18(24-12(17)4)19(25)13(5)23-11(3)15-8-7-14(21)9-16(15)22/h7-9,11,13,23-24H,6H2,1-5H3/t11-,13-/m0/s1. The summed E-state index contributed by atoms with van der Waals surface area (Å²) in [5.41, 5.74) is 2.00. The minimum absolute atomic E-state index is 0.241. The molecule has 0 unspecified atom stereocenters. The normalized spacial score (nSPS) is 13.3. The van der Waals surface area contributed by atoms with Crippen LogP contribution in [0.2, 0.25) is 0 Å². The van der Waals surface area contributed by atoms with Crippen LogP contribution >= 0.6 is 0 Å². The van der Waals surface area contributed by atoms with Crippen molar-refractivity contribution in [2.45, 2.75) is 46.7 Å². The van der Waals surface area contributed by atoms with Gasteiger partial charge in [-0.2, -0.15) is 0 Å². The highest BCUT2D eigenvalue weighted by Gasteiger charge is 2.26. The van der Waals surface area contributed by atoms with Crippen molar-refractivity contribution in [2.24, 2.45) is 0 Å². The molecule has 27 heavy (non-hydrogen) atoms. The predicted octanol–water partition coefficient (Wildman–Crippen LogP) is 4.01. The lowest BCUT2D eigenvalue weighted by molar-refractivity contribution is 0.0525. The summed E-state index contributed by atoms with van der Waals surface area (Å²) in [5.74, 6) is -2.08. The van der Waals surface area contributed by atoms with Crippen LogP contribution in [0.3, 0.4) is 0 Å². The molecule has 0 amide bonds. The summed E-state index contributed by atoms with van der Waals surface area (Å²) >= 11 is 0. The Bertz CT molecular complexity index is 861. The van der Waals surface area contributed by atoms with Crippen molar-refractivity contribution in [3.63, 3.8) is 0 Å². The van der Waals surface area contributed by atoms with Crippen molar-refractivity contribution < 1.29 is 23.1 Å². The highest BCUT2D eigenvalue weighted by atomic mass is 19.1. The Balaban J connectivity index is 2.20. The first kappa shape index (κ1) is 20.8. The van der Waals surface area contributed by atoms with Crippen LogP contribution in [-0.2, 0) is 4.74 Å². The molecular weight excluding hydrogens is 354 g/mol. The predicted molar refractivity (Wildman–Crippen MR) is 97.9 cm³/mol. The summed E-state index contributed by atoms with van der Waals surface area (Å²) in [6.07, 6.45) is 0. The Labute approximate surface area is 157 Å². The van der Waals surface area contributed by atoms with Crippen LogP contribution in [0.15, 0.2) is 18.2 Å². The fourth-order valence-electron chi connectivity index (χ4n) is 3.12. The number of aryl methyl sites for hydroxylation is 1. The van der Waals surface area contributed by atoms with Gasteiger partial charge in [-0.05, 0) is 46.2 Å². The Morgan fingerprint density at radius 1 is 1.22 bits per heavy atom. The summed E-state index contributed by atoms with van der Waals surface area (Å²) in [6.45, 7) is 8.68. The Kier molecular flexibility index (Phi) is 6.49. The van der Waals surface area contributed by atoms with Crippen molar-refractivity contribution in [3.8, 4) is 0 Å². The molecule has 0 saturated heterocycles. The third kappa shape index (κ3) is 4.42. The zero-order valence-electron chi connectivity index (χ0n) is 16.1. The smallest absolute Gasteiger partial charge is 0.340 e. The number of H-pyrrole nitrogens is 1. The third-order valence-corrected chi connectivity index (χ3v) is 4.49. The number of hydrogen-bond donors (Lipinski definition) is 2. The molecule has 0 spiro atoms. The Morgan fingerprint density at radius 3 is 2.48 bits per heavy atom. The highest BCUT2D eigenvalue weighted by molar-refractivity contribution is 6.03. The summed E-state index contributed by atoms with van der Waals surface area (Å²) in [6, 6.07) is 2.17. The molecule has 0 fully saturated rings. The molecule has 5 nitrogen and oxygen atoms in total. The number of nitrogens with one attached hydrogen (secondary N) is 2. The Hall–Kier alpha value is -2.54. The second-order valence-corrected chi connectivity index (χ2v) is 6.49. The van der Waals surface area contributed by atoms with Crippen molar-refractivity contribution in [1.82, 2.24) is 10.3 Å². The molecule has 0 aliphatic carbocycles. The number of aromatic amines is 1. The second-order valence-electron chi connectivity index (χ2n) is 6.49. The van der Waals surface area contributed by atoms with Gasteiger partial charge in [-0.25, -0.2) is 13.6 Å². The number of Topliss-reactive ketones (excluding diaryl/α,β-unsaturated/α-hetero) is 1. The molecule has 1 heterocycles. The van der Waals surface area contributed by atoms with E-state index in [0.717, 1.165) is 6.07 Å². The molecule has 2 aromatic rings. The zero-order chi connectivity index (χ0) is 20.3. The van der Waals surface area contributed by atoms with Gasteiger partial charge >= 0.3 is 5.97 Å². The van der Waals surface area contributed by atoms with E-state index in [0.29, 0.717) is 22.5 Å². The number of aromatic nitrogens is 1. The topological polar surface area (TPSA) is 71.2 Å². The highest BCUT2D eigenvalue weighted by Crippen LogP contribution is 2.22.